The SMILES string of the molecule is Cc1cc(-c2ccccc2)c(-c2c3ccccc3c(-c3cccc(-c4ccc5c(c4)c4ncccc4n5-c4nccc5ccccc45)c3)c3cc(C)ccc23)c(-c2ccccc2)c1. The van der Waals surface area contributed by atoms with Crippen LogP contribution in [0.2, 0.25) is 0 Å². The van der Waals surface area contributed by atoms with E-state index >= 15 is 0 Å². The molecule has 12 rings (SSSR count). The molecule has 3 aromatic heterocycles. The van der Waals surface area contributed by atoms with Crippen LogP contribution in [-0.4, -0.2) is 14.5 Å². The van der Waals surface area contributed by atoms with Gasteiger partial charge >= 0.3 is 0 Å². The molecule has 0 aliphatic carbocycles. The van der Waals surface area contributed by atoms with E-state index in [0.717, 1.165) is 49.7 Å². The largest absolute Gasteiger partial charge is 0.292 e. The third-order valence-electron chi connectivity index (χ3n) is 12.8. The van der Waals surface area contributed by atoms with E-state index in [-0.39, 0.29) is 0 Å². The van der Waals surface area contributed by atoms with Gasteiger partial charge in [0.2, 0.25) is 0 Å². The van der Waals surface area contributed by atoms with Gasteiger partial charge in [-0.1, -0.05) is 169 Å². The lowest BCUT2D eigenvalue weighted by molar-refractivity contribution is 1.10. The zero-order valence-corrected chi connectivity index (χ0v) is 35.0. The molecule has 3 heterocycles. The molecule has 0 aliphatic rings. The quantitative estimate of drug-likeness (QED) is 0.157. The highest BCUT2D eigenvalue weighted by atomic mass is 15.1. The fraction of sp³-hybridized carbons (Fsp3) is 0.0333. The van der Waals surface area contributed by atoms with Gasteiger partial charge in [0.25, 0.3) is 0 Å². The molecule has 0 spiro atoms. The van der Waals surface area contributed by atoms with Gasteiger partial charge in [0, 0.05) is 23.2 Å². The molecule has 0 radical (unpaired) electrons. The predicted molar refractivity (Wildman–Crippen MR) is 266 cm³/mol. The van der Waals surface area contributed by atoms with Crippen LogP contribution in [0, 0.1) is 13.8 Å². The first kappa shape index (κ1) is 36.7. The maximum Gasteiger partial charge on any atom is 0.145 e. The zero-order chi connectivity index (χ0) is 42.0. The Morgan fingerprint density at radius 3 is 1.73 bits per heavy atom. The van der Waals surface area contributed by atoms with E-state index in [1.54, 1.807) is 0 Å². The molecule has 0 atom stereocenters. The van der Waals surface area contributed by atoms with Crippen molar-refractivity contribution in [3.8, 4) is 61.5 Å². The van der Waals surface area contributed by atoms with E-state index in [0.29, 0.717) is 0 Å². The summed E-state index contributed by atoms with van der Waals surface area (Å²) >= 11 is 0. The number of aryl methyl sites for hydroxylation is 2. The van der Waals surface area contributed by atoms with Crippen molar-refractivity contribution in [1.29, 1.82) is 0 Å². The van der Waals surface area contributed by atoms with Gasteiger partial charge in [-0.05, 0) is 138 Å². The molecule has 296 valence electrons. The van der Waals surface area contributed by atoms with Crippen molar-refractivity contribution in [3.63, 3.8) is 0 Å². The number of fused-ring (bicyclic) bond motifs is 6. The van der Waals surface area contributed by atoms with Gasteiger partial charge in [0.1, 0.15) is 5.82 Å². The lowest BCUT2D eigenvalue weighted by Gasteiger charge is -2.23. The molecule has 0 fully saturated rings. The normalized spacial score (nSPS) is 11.7. The maximum absolute atomic E-state index is 4.95. The zero-order valence-electron chi connectivity index (χ0n) is 35.0. The summed E-state index contributed by atoms with van der Waals surface area (Å²) in [7, 11) is 0. The third kappa shape index (κ3) is 6.04. The van der Waals surface area contributed by atoms with Crippen molar-refractivity contribution < 1.29 is 0 Å². The summed E-state index contributed by atoms with van der Waals surface area (Å²) in [5, 5.41) is 8.30. The number of hydrogen-bond acceptors (Lipinski definition) is 2. The molecule has 0 amide bonds. The van der Waals surface area contributed by atoms with Gasteiger partial charge in [0.15, 0.2) is 0 Å². The van der Waals surface area contributed by atoms with E-state index in [9.17, 15) is 0 Å². The molecule has 0 bridgehead atoms. The minimum absolute atomic E-state index is 0.908. The smallest absolute Gasteiger partial charge is 0.145 e. The molecule has 3 heteroatoms. The Balaban J connectivity index is 1.09. The highest BCUT2D eigenvalue weighted by molar-refractivity contribution is 6.24. The van der Waals surface area contributed by atoms with E-state index in [1.165, 1.54) is 77.2 Å². The average molecular weight is 804 g/mol. The fourth-order valence-corrected chi connectivity index (χ4v) is 10.00. The van der Waals surface area contributed by atoms with Crippen LogP contribution in [0.25, 0.3) is 116 Å². The van der Waals surface area contributed by atoms with Crippen LogP contribution in [0.5, 0.6) is 0 Å². The first-order valence-corrected chi connectivity index (χ1v) is 21.6. The Morgan fingerprint density at radius 1 is 0.333 bits per heavy atom. The Kier molecular flexibility index (Phi) is 8.62. The van der Waals surface area contributed by atoms with Crippen LogP contribution in [0.4, 0.5) is 0 Å². The lowest BCUT2D eigenvalue weighted by atomic mass is 9.80. The molecule has 12 aromatic rings. The average Bonchev–Trinajstić information content (AvgIpc) is 3.67. The second kappa shape index (κ2) is 14.8. The van der Waals surface area contributed by atoms with Crippen molar-refractivity contribution in [2.45, 2.75) is 13.8 Å². The summed E-state index contributed by atoms with van der Waals surface area (Å²) in [5.41, 5.74) is 17.7. The Labute approximate surface area is 366 Å². The second-order valence-electron chi connectivity index (χ2n) is 16.7. The Bertz CT molecular complexity index is 3680. The first-order chi connectivity index (χ1) is 31.1. The van der Waals surface area contributed by atoms with Crippen LogP contribution in [0.3, 0.4) is 0 Å². The summed E-state index contributed by atoms with van der Waals surface area (Å²) in [6.45, 7) is 4.42. The molecule has 0 unspecified atom stereocenters. The van der Waals surface area contributed by atoms with E-state index in [2.05, 4.69) is 213 Å². The molecular weight excluding hydrogens is 763 g/mol. The van der Waals surface area contributed by atoms with Crippen molar-refractivity contribution in [2.75, 3.05) is 0 Å². The minimum atomic E-state index is 0.908. The van der Waals surface area contributed by atoms with Gasteiger partial charge in [-0.2, -0.15) is 0 Å². The molecule has 0 saturated carbocycles. The molecule has 3 nitrogen and oxygen atoms in total. The summed E-state index contributed by atoms with van der Waals surface area (Å²) < 4.78 is 2.27. The molecule has 9 aromatic carbocycles. The standard InChI is InChI=1S/C60H41N3/c1-38-26-28-49-52(33-38)56(47-23-11-12-24-48(47)57(49)58-50(40-15-5-3-6-16-40)34-39(2)35-51(58)41-17-7-4-8-18-41)45-21-13-20-43(36-45)44-27-29-54-53(37-44)59-55(25-14-31-61-59)63(54)60-46-22-10-9-19-42(46)30-32-62-60/h3-37H,1-2H3. The maximum atomic E-state index is 4.95. The molecular formula is C60H41N3. The van der Waals surface area contributed by atoms with Gasteiger partial charge in [-0.25, -0.2) is 4.98 Å². The fourth-order valence-electron chi connectivity index (χ4n) is 10.00. The van der Waals surface area contributed by atoms with Crippen LogP contribution in [0.1, 0.15) is 11.1 Å². The second-order valence-corrected chi connectivity index (χ2v) is 16.7. The first-order valence-electron chi connectivity index (χ1n) is 21.6. The highest BCUT2D eigenvalue weighted by Crippen LogP contribution is 2.50. The Hall–Kier alpha value is -8.14. The van der Waals surface area contributed by atoms with Crippen molar-refractivity contribution in [2.24, 2.45) is 0 Å². The van der Waals surface area contributed by atoms with Crippen LogP contribution < -0.4 is 0 Å². The third-order valence-corrected chi connectivity index (χ3v) is 12.8. The highest BCUT2D eigenvalue weighted by Gasteiger charge is 2.23. The van der Waals surface area contributed by atoms with Crippen molar-refractivity contribution >= 4 is 54.3 Å². The number of aromatic nitrogens is 3. The monoisotopic (exact) mass is 803 g/mol. The summed E-state index contributed by atoms with van der Waals surface area (Å²) in [6, 6.07) is 73.1. The van der Waals surface area contributed by atoms with Crippen LogP contribution in [-0.2, 0) is 0 Å². The van der Waals surface area contributed by atoms with E-state index < -0.39 is 0 Å². The summed E-state index contributed by atoms with van der Waals surface area (Å²) in [4.78, 5) is 9.89. The van der Waals surface area contributed by atoms with Crippen molar-refractivity contribution in [1.82, 2.24) is 14.5 Å². The van der Waals surface area contributed by atoms with Gasteiger partial charge in [0.05, 0.1) is 16.6 Å². The molecule has 0 N–H and O–H groups in total. The molecule has 0 saturated heterocycles. The number of pyridine rings is 2. The lowest BCUT2D eigenvalue weighted by Crippen LogP contribution is -1.98. The van der Waals surface area contributed by atoms with Crippen LogP contribution in [0.15, 0.2) is 213 Å². The van der Waals surface area contributed by atoms with Crippen LogP contribution >= 0.6 is 0 Å². The van der Waals surface area contributed by atoms with Crippen molar-refractivity contribution in [3.05, 3.63) is 224 Å². The van der Waals surface area contributed by atoms with Gasteiger partial charge in [-0.3, -0.25) is 9.55 Å². The van der Waals surface area contributed by atoms with Gasteiger partial charge < -0.3 is 0 Å². The number of nitrogens with zero attached hydrogens (tertiary/aromatic N) is 3. The topological polar surface area (TPSA) is 30.7 Å². The Morgan fingerprint density at radius 2 is 0.968 bits per heavy atom. The summed E-state index contributed by atoms with van der Waals surface area (Å²) in [5.74, 6) is 0.908. The minimum Gasteiger partial charge on any atom is -0.292 e. The predicted octanol–water partition coefficient (Wildman–Crippen LogP) is 16.0. The molecule has 0 aliphatic heterocycles. The van der Waals surface area contributed by atoms with E-state index in [1.807, 2.05) is 18.5 Å². The number of hydrogen-bond donors (Lipinski definition) is 0. The molecule has 63 heavy (non-hydrogen) atoms. The number of rotatable bonds is 6. The number of benzene rings is 9. The van der Waals surface area contributed by atoms with Gasteiger partial charge in [-0.15, -0.1) is 0 Å². The van der Waals surface area contributed by atoms with E-state index in [4.69, 9.17) is 9.97 Å². The summed E-state index contributed by atoms with van der Waals surface area (Å²) in [6.07, 6.45) is 3.79.